The Morgan fingerprint density at radius 3 is 2.70 bits per heavy atom. The third kappa shape index (κ3) is 3.39. The minimum atomic E-state index is 0.177. The van der Waals surface area contributed by atoms with Gasteiger partial charge in [-0.1, -0.05) is 35.0 Å². The molecule has 0 saturated carbocycles. The lowest BCUT2D eigenvalue weighted by Crippen LogP contribution is -2.24. The quantitative estimate of drug-likeness (QED) is 0.384. The third-order valence-corrected chi connectivity index (χ3v) is 3.12. The predicted octanol–water partition coefficient (Wildman–Crippen LogP) is 3.01. The molecular formula is C14H15ClN4O. The molecule has 0 amide bonds. The van der Waals surface area contributed by atoms with E-state index in [9.17, 15) is 0 Å². The summed E-state index contributed by atoms with van der Waals surface area (Å²) in [6, 6.07) is 11.6. The second-order valence-corrected chi connectivity index (χ2v) is 4.56. The molecule has 1 heterocycles. The van der Waals surface area contributed by atoms with Crippen molar-refractivity contribution in [2.24, 2.45) is 10.9 Å². The van der Waals surface area contributed by atoms with Gasteiger partial charge in [0.2, 0.25) is 0 Å². The number of pyridine rings is 1. The second kappa shape index (κ2) is 6.77. The normalized spacial score (nSPS) is 11.3. The number of benzene rings is 1. The van der Waals surface area contributed by atoms with Gasteiger partial charge in [-0.05, 0) is 18.2 Å². The highest BCUT2D eigenvalue weighted by molar-refractivity contribution is 6.33. The van der Waals surface area contributed by atoms with Gasteiger partial charge in [0.25, 0.3) is 0 Å². The zero-order chi connectivity index (χ0) is 14.4. The molecule has 1 aromatic carbocycles. The van der Waals surface area contributed by atoms with Gasteiger partial charge in [-0.25, -0.2) is 0 Å². The highest BCUT2D eigenvalue weighted by Crippen LogP contribution is 2.30. The molecule has 0 fully saturated rings. The fourth-order valence-electron chi connectivity index (χ4n) is 1.86. The van der Waals surface area contributed by atoms with Crippen LogP contribution in [0.25, 0.3) is 0 Å². The van der Waals surface area contributed by atoms with Crippen LogP contribution in [-0.4, -0.2) is 22.6 Å². The SMILES string of the molecule is NC(CCN(c1ccccc1)c1ccncc1Cl)=NO. The van der Waals surface area contributed by atoms with E-state index in [4.69, 9.17) is 22.5 Å². The second-order valence-electron chi connectivity index (χ2n) is 4.16. The van der Waals surface area contributed by atoms with Crippen LogP contribution in [0.3, 0.4) is 0 Å². The average molecular weight is 291 g/mol. The maximum absolute atomic E-state index is 8.65. The number of amidine groups is 1. The first-order valence-electron chi connectivity index (χ1n) is 6.11. The van der Waals surface area contributed by atoms with Crippen molar-refractivity contribution in [3.05, 3.63) is 53.8 Å². The molecule has 0 aliphatic heterocycles. The Morgan fingerprint density at radius 1 is 1.30 bits per heavy atom. The molecule has 5 nitrogen and oxygen atoms in total. The molecular weight excluding hydrogens is 276 g/mol. The fourth-order valence-corrected chi connectivity index (χ4v) is 2.08. The van der Waals surface area contributed by atoms with Crippen LogP contribution in [0.1, 0.15) is 6.42 Å². The van der Waals surface area contributed by atoms with Crippen LogP contribution in [0.15, 0.2) is 53.9 Å². The first-order valence-corrected chi connectivity index (χ1v) is 6.48. The lowest BCUT2D eigenvalue weighted by atomic mass is 10.2. The van der Waals surface area contributed by atoms with Gasteiger partial charge in [0.1, 0.15) is 5.84 Å². The maximum atomic E-state index is 8.65. The summed E-state index contributed by atoms with van der Waals surface area (Å²) < 4.78 is 0. The van der Waals surface area contributed by atoms with E-state index in [0.29, 0.717) is 18.0 Å². The number of hydrogen-bond donors (Lipinski definition) is 2. The standard InChI is InChI=1S/C14H15ClN4O/c15-12-10-17-8-6-13(12)19(9-7-14(16)18-20)11-4-2-1-3-5-11/h1-6,8,10,20H,7,9H2,(H2,16,18). The van der Waals surface area contributed by atoms with Crippen LogP contribution in [0.2, 0.25) is 5.02 Å². The van der Waals surface area contributed by atoms with Gasteiger partial charge in [-0.15, -0.1) is 0 Å². The summed E-state index contributed by atoms with van der Waals surface area (Å²) in [5.74, 6) is 0.177. The average Bonchev–Trinajstić information content (AvgIpc) is 2.50. The Bertz CT molecular complexity index is 589. The smallest absolute Gasteiger partial charge is 0.140 e. The van der Waals surface area contributed by atoms with E-state index >= 15 is 0 Å². The molecule has 2 rings (SSSR count). The maximum Gasteiger partial charge on any atom is 0.140 e. The molecule has 0 atom stereocenters. The topological polar surface area (TPSA) is 74.7 Å². The van der Waals surface area contributed by atoms with Crippen molar-refractivity contribution in [1.29, 1.82) is 0 Å². The van der Waals surface area contributed by atoms with Crippen molar-refractivity contribution in [3.8, 4) is 0 Å². The molecule has 3 N–H and O–H groups in total. The molecule has 0 aliphatic rings. The minimum Gasteiger partial charge on any atom is -0.409 e. The number of para-hydroxylation sites is 1. The molecule has 20 heavy (non-hydrogen) atoms. The van der Waals surface area contributed by atoms with E-state index < -0.39 is 0 Å². The van der Waals surface area contributed by atoms with E-state index in [2.05, 4.69) is 10.1 Å². The third-order valence-electron chi connectivity index (χ3n) is 2.83. The van der Waals surface area contributed by atoms with Crippen molar-refractivity contribution in [3.63, 3.8) is 0 Å². The molecule has 6 heteroatoms. The van der Waals surface area contributed by atoms with E-state index in [-0.39, 0.29) is 5.84 Å². The van der Waals surface area contributed by atoms with Crippen molar-refractivity contribution in [2.45, 2.75) is 6.42 Å². The molecule has 104 valence electrons. The number of hydrogen-bond acceptors (Lipinski definition) is 4. The summed E-state index contributed by atoms with van der Waals surface area (Å²) in [5, 5.41) is 12.2. The van der Waals surface area contributed by atoms with E-state index in [1.807, 2.05) is 41.3 Å². The first-order chi connectivity index (χ1) is 9.72. The number of rotatable bonds is 5. The first kappa shape index (κ1) is 14.1. The van der Waals surface area contributed by atoms with Crippen molar-refractivity contribution < 1.29 is 5.21 Å². The van der Waals surface area contributed by atoms with Gasteiger partial charge in [-0.2, -0.15) is 0 Å². The Balaban J connectivity index is 2.32. The summed E-state index contributed by atoms with van der Waals surface area (Å²) in [7, 11) is 0. The highest BCUT2D eigenvalue weighted by atomic mass is 35.5. The van der Waals surface area contributed by atoms with Crippen LogP contribution in [0, 0.1) is 0 Å². The Labute approximate surface area is 122 Å². The molecule has 0 bridgehead atoms. The number of halogens is 1. The van der Waals surface area contributed by atoms with E-state index in [0.717, 1.165) is 11.4 Å². The predicted molar refractivity (Wildman–Crippen MR) is 80.7 cm³/mol. The van der Waals surface area contributed by atoms with Crippen molar-refractivity contribution in [2.75, 3.05) is 11.4 Å². The Morgan fingerprint density at radius 2 is 2.05 bits per heavy atom. The molecule has 0 aliphatic carbocycles. The Kier molecular flexibility index (Phi) is 4.79. The van der Waals surface area contributed by atoms with Gasteiger partial charge in [-0.3, -0.25) is 4.98 Å². The van der Waals surface area contributed by atoms with Gasteiger partial charge in [0.05, 0.1) is 10.7 Å². The van der Waals surface area contributed by atoms with Gasteiger partial charge < -0.3 is 15.8 Å². The number of anilines is 2. The number of nitrogens with zero attached hydrogens (tertiary/aromatic N) is 3. The lowest BCUT2D eigenvalue weighted by Gasteiger charge is -2.25. The molecule has 0 radical (unpaired) electrons. The summed E-state index contributed by atoms with van der Waals surface area (Å²) in [5.41, 5.74) is 7.35. The van der Waals surface area contributed by atoms with Gasteiger partial charge >= 0.3 is 0 Å². The van der Waals surface area contributed by atoms with E-state index in [1.54, 1.807) is 12.4 Å². The van der Waals surface area contributed by atoms with Crippen LogP contribution in [0.5, 0.6) is 0 Å². The fraction of sp³-hybridized carbons (Fsp3) is 0.143. The Hall–Kier alpha value is -2.27. The summed E-state index contributed by atoms with van der Waals surface area (Å²) in [6.07, 6.45) is 3.70. The molecule has 0 saturated heterocycles. The molecule has 0 unspecified atom stereocenters. The summed E-state index contributed by atoms with van der Waals surface area (Å²) >= 11 is 6.20. The van der Waals surface area contributed by atoms with Crippen LogP contribution in [0.4, 0.5) is 11.4 Å². The van der Waals surface area contributed by atoms with Crippen LogP contribution >= 0.6 is 11.6 Å². The molecule has 2 aromatic rings. The lowest BCUT2D eigenvalue weighted by molar-refractivity contribution is 0.317. The van der Waals surface area contributed by atoms with Crippen LogP contribution in [-0.2, 0) is 0 Å². The van der Waals surface area contributed by atoms with Gasteiger partial charge in [0.15, 0.2) is 0 Å². The largest absolute Gasteiger partial charge is 0.409 e. The van der Waals surface area contributed by atoms with Crippen molar-refractivity contribution >= 4 is 28.8 Å². The zero-order valence-electron chi connectivity index (χ0n) is 10.8. The number of oxime groups is 1. The molecule has 1 aromatic heterocycles. The van der Waals surface area contributed by atoms with Gasteiger partial charge in [0, 0.05) is 31.0 Å². The minimum absolute atomic E-state index is 0.177. The summed E-state index contributed by atoms with van der Waals surface area (Å²) in [6.45, 7) is 0.545. The molecule has 0 spiro atoms. The highest BCUT2D eigenvalue weighted by Gasteiger charge is 2.13. The van der Waals surface area contributed by atoms with E-state index in [1.165, 1.54) is 0 Å². The van der Waals surface area contributed by atoms with Crippen molar-refractivity contribution in [1.82, 2.24) is 4.98 Å². The van der Waals surface area contributed by atoms with Crippen LogP contribution < -0.4 is 10.6 Å². The summed E-state index contributed by atoms with van der Waals surface area (Å²) in [4.78, 5) is 5.99. The monoisotopic (exact) mass is 290 g/mol. The number of aromatic nitrogens is 1. The number of nitrogens with two attached hydrogens (primary N) is 1. The zero-order valence-corrected chi connectivity index (χ0v) is 11.5.